The van der Waals surface area contributed by atoms with Crippen LogP contribution in [-0.2, 0) is 0 Å². The number of thiophene rings is 1. The van der Waals surface area contributed by atoms with Gasteiger partial charge in [-0.15, -0.1) is 11.3 Å². The van der Waals surface area contributed by atoms with Gasteiger partial charge < -0.3 is 0 Å². The number of fused-ring (bicyclic) bond motifs is 5. The molecule has 256 valence electrons. The van der Waals surface area contributed by atoms with E-state index in [2.05, 4.69) is 175 Å². The van der Waals surface area contributed by atoms with Crippen LogP contribution in [0.2, 0.25) is 0 Å². The van der Waals surface area contributed by atoms with Crippen molar-refractivity contribution in [1.29, 1.82) is 0 Å². The Balaban J connectivity index is 1.08. The summed E-state index contributed by atoms with van der Waals surface area (Å²) in [7, 11) is 0. The standard InChI is InChI=1S/C52H32N2S/c1-3-11-35-27-38(19-17-33(35)9-1)51-43-15-7-8-16-44(43)52(39-20-18-34-10-2-4-12-36(34)28-39)46-29-37(21-23-45(46)51)49-25-26-50(55-49)41-22-24-48(54-31-41)47-32-53-30-40-13-5-6-14-42(40)47/h1-32H. The van der Waals surface area contributed by atoms with E-state index in [9.17, 15) is 0 Å². The molecule has 0 amide bonds. The molecule has 0 radical (unpaired) electrons. The molecule has 0 aliphatic heterocycles. The fourth-order valence-electron chi connectivity index (χ4n) is 8.31. The van der Waals surface area contributed by atoms with E-state index in [4.69, 9.17) is 4.98 Å². The Morgan fingerprint density at radius 2 is 0.855 bits per heavy atom. The highest BCUT2D eigenvalue weighted by atomic mass is 32.1. The van der Waals surface area contributed by atoms with Crippen LogP contribution in [-0.4, -0.2) is 9.97 Å². The summed E-state index contributed by atoms with van der Waals surface area (Å²) in [6.45, 7) is 0. The van der Waals surface area contributed by atoms with E-state index in [1.54, 1.807) is 0 Å². The number of pyridine rings is 2. The molecule has 0 unspecified atom stereocenters. The Morgan fingerprint density at radius 3 is 1.51 bits per heavy atom. The topological polar surface area (TPSA) is 25.8 Å². The van der Waals surface area contributed by atoms with Crippen molar-refractivity contribution in [3.8, 4) is 54.4 Å². The van der Waals surface area contributed by atoms with Crippen molar-refractivity contribution < 1.29 is 0 Å². The zero-order valence-electron chi connectivity index (χ0n) is 29.8. The molecule has 0 bridgehead atoms. The molecule has 2 nitrogen and oxygen atoms in total. The van der Waals surface area contributed by atoms with Gasteiger partial charge in [0.05, 0.1) is 5.69 Å². The zero-order chi connectivity index (χ0) is 36.3. The third-order valence-corrected chi connectivity index (χ3v) is 12.2. The summed E-state index contributed by atoms with van der Waals surface area (Å²) >= 11 is 1.81. The molecule has 0 fully saturated rings. The highest BCUT2D eigenvalue weighted by Crippen LogP contribution is 2.46. The van der Waals surface area contributed by atoms with Crippen LogP contribution < -0.4 is 0 Å². The van der Waals surface area contributed by atoms with Gasteiger partial charge in [0.25, 0.3) is 0 Å². The van der Waals surface area contributed by atoms with Crippen LogP contribution in [0.5, 0.6) is 0 Å². The minimum Gasteiger partial charge on any atom is -0.263 e. The van der Waals surface area contributed by atoms with Crippen LogP contribution >= 0.6 is 11.3 Å². The second kappa shape index (κ2) is 12.9. The van der Waals surface area contributed by atoms with Crippen LogP contribution in [0.15, 0.2) is 195 Å². The van der Waals surface area contributed by atoms with Crippen LogP contribution in [0.1, 0.15) is 0 Å². The third-order valence-electron chi connectivity index (χ3n) is 11.0. The molecule has 0 spiro atoms. The maximum Gasteiger partial charge on any atom is 0.0724 e. The Hall–Kier alpha value is -6.94. The molecular formula is C52H32N2S. The Labute approximate surface area is 322 Å². The molecule has 0 aliphatic rings. The van der Waals surface area contributed by atoms with Gasteiger partial charge in [0.15, 0.2) is 0 Å². The van der Waals surface area contributed by atoms with E-state index in [-0.39, 0.29) is 0 Å². The monoisotopic (exact) mass is 716 g/mol. The van der Waals surface area contributed by atoms with Crippen molar-refractivity contribution in [3.63, 3.8) is 0 Å². The third kappa shape index (κ3) is 5.40. The maximum atomic E-state index is 4.92. The summed E-state index contributed by atoms with van der Waals surface area (Å²) in [5, 5.41) is 12.3. The van der Waals surface area contributed by atoms with Crippen molar-refractivity contribution in [2.75, 3.05) is 0 Å². The zero-order valence-corrected chi connectivity index (χ0v) is 30.6. The molecule has 3 heterocycles. The highest BCUT2D eigenvalue weighted by Gasteiger charge is 2.19. The molecule has 8 aromatic carbocycles. The van der Waals surface area contributed by atoms with E-state index in [1.807, 2.05) is 36.0 Å². The second-order valence-corrected chi connectivity index (χ2v) is 15.3. The molecule has 0 aliphatic carbocycles. The van der Waals surface area contributed by atoms with Crippen molar-refractivity contribution in [3.05, 3.63) is 195 Å². The highest BCUT2D eigenvalue weighted by molar-refractivity contribution is 7.18. The molecule has 0 atom stereocenters. The lowest BCUT2D eigenvalue weighted by Crippen LogP contribution is -1.92. The SMILES string of the molecule is c1ccc2cc(-c3c4ccccc4c(-c4ccc5ccccc5c4)c4cc(-c5ccc(-c6ccc(-c7cncc8ccccc78)nc6)s5)ccc34)ccc2c1. The minimum absolute atomic E-state index is 0.926. The van der Waals surface area contributed by atoms with Crippen molar-refractivity contribution in [1.82, 2.24) is 9.97 Å². The number of hydrogen-bond acceptors (Lipinski definition) is 3. The lowest BCUT2D eigenvalue weighted by molar-refractivity contribution is 1.30. The lowest BCUT2D eigenvalue weighted by Gasteiger charge is -2.19. The average Bonchev–Trinajstić information content (AvgIpc) is 3.75. The second-order valence-electron chi connectivity index (χ2n) is 14.2. The number of hydrogen-bond donors (Lipinski definition) is 0. The Bertz CT molecular complexity index is 3260. The van der Waals surface area contributed by atoms with Gasteiger partial charge in [-0.05, 0) is 119 Å². The van der Waals surface area contributed by atoms with Gasteiger partial charge in [0.2, 0.25) is 0 Å². The van der Waals surface area contributed by atoms with Gasteiger partial charge >= 0.3 is 0 Å². The predicted octanol–water partition coefficient (Wildman–Crippen LogP) is 14.6. The predicted molar refractivity (Wildman–Crippen MR) is 235 cm³/mol. The van der Waals surface area contributed by atoms with Crippen LogP contribution in [0.3, 0.4) is 0 Å². The first kappa shape index (κ1) is 31.6. The molecule has 0 saturated carbocycles. The summed E-state index contributed by atoms with van der Waals surface area (Å²) < 4.78 is 0. The van der Waals surface area contributed by atoms with E-state index in [1.165, 1.54) is 80.7 Å². The smallest absolute Gasteiger partial charge is 0.0724 e. The molecule has 11 aromatic rings. The Kier molecular flexibility index (Phi) is 7.39. The average molecular weight is 717 g/mol. The molecule has 55 heavy (non-hydrogen) atoms. The molecule has 3 aromatic heterocycles. The molecule has 11 rings (SSSR count). The van der Waals surface area contributed by atoms with Crippen LogP contribution in [0.25, 0.3) is 108 Å². The fourth-order valence-corrected chi connectivity index (χ4v) is 9.30. The molecular weight excluding hydrogens is 685 g/mol. The summed E-state index contributed by atoms with van der Waals surface area (Å²) in [6.07, 6.45) is 5.81. The van der Waals surface area contributed by atoms with Crippen molar-refractivity contribution in [2.24, 2.45) is 0 Å². The van der Waals surface area contributed by atoms with Crippen LogP contribution in [0, 0.1) is 0 Å². The van der Waals surface area contributed by atoms with Gasteiger partial charge in [-0.25, -0.2) is 0 Å². The van der Waals surface area contributed by atoms with E-state index in [0.717, 1.165) is 27.6 Å². The summed E-state index contributed by atoms with van der Waals surface area (Å²) in [6, 6.07) is 64.2. The minimum atomic E-state index is 0.926. The van der Waals surface area contributed by atoms with Gasteiger partial charge in [-0.2, -0.15) is 0 Å². The van der Waals surface area contributed by atoms with E-state index >= 15 is 0 Å². The molecule has 0 N–H and O–H groups in total. The van der Waals surface area contributed by atoms with Crippen LogP contribution in [0.4, 0.5) is 0 Å². The number of aromatic nitrogens is 2. The Morgan fingerprint density at radius 1 is 0.327 bits per heavy atom. The first-order valence-corrected chi connectivity index (χ1v) is 19.4. The van der Waals surface area contributed by atoms with Gasteiger partial charge in [-0.3, -0.25) is 9.97 Å². The van der Waals surface area contributed by atoms with Gasteiger partial charge in [0, 0.05) is 44.9 Å². The summed E-state index contributed by atoms with van der Waals surface area (Å²) in [5.41, 5.74) is 9.27. The van der Waals surface area contributed by atoms with E-state index < -0.39 is 0 Å². The molecule has 3 heteroatoms. The van der Waals surface area contributed by atoms with E-state index in [0.29, 0.717) is 0 Å². The molecule has 0 saturated heterocycles. The number of nitrogens with zero attached hydrogens (tertiary/aromatic N) is 2. The lowest BCUT2D eigenvalue weighted by atomic mass is 9.84. The number of benzene rings is 8. The van der Waals surface area contributed by atoms with Gasteiger partial charge in [-0.1, -0.05) is 133 Å². The van der Waals surface area contributed by atoms with Gasteiger partial charge in [0.1, 0.15) is 0 Å². The summed E-state index contributed by atoms with van der Waals surface area (Å²) in [5.74, 6) is 0. The first-order valence-electron chi connectivity index (χ1n) is 18.6. The largest absolute Gasteiger partial charge is 0.263 e. The number of rotatable bonds is 5. The normalized spacial score (nSPS) is 11.6. The first-order chi connectivity index (χ1) is 27.2. The quantitative estimate of drug-likeness (QED) is 0.166. The summed E-state index contributed by atoms with van der Waals surface area (Å²) in [4.78, 5) is 11.8. The maximum absolute atomic E-state index is 4.92. The fraction of sp³-hybridized carbons (Fsp3) is 0. The van der Waals surface area contributed by atoms with Crippen molar-refractivity contribution >= 4 is 65.2 Å². The van der Waals surface area contributed by atoms with Crippen molar-refractivity contribution in [2.45, 2.75) is 0 Å².